The van der Waals surface area contributed by atoms with Crippen LogP contribution in [0.15, 0.2) is 48.5 Å². The van der Waals surface area contributed by atoms with Crippen molar-refractivity contribution in [2.45, 2.75) is 19.8 Å². The van der Waals surface area contributed by atoms with Gasteiger partial charge >= 0.3 is 5.97 Å². The van der Waals surface area contributed by atoms with Crippen LogP contribution in [0.4, 0.5) is 0 Å². The molecule has 1 atom stereocenters. The smallest absolute Gasteiger partial charge is 0.311 e. The Morgan fingerprint density at radius 3 is 1.86 bits per heavy atom. The zero-order chi connectivity index (χ0) is 15.4. The van der Waals surface area contributed by atoms with E-state index in [0.29, 0.717) is 11.5 Å². The minimum Gasteiger partial charge on any atom is -0.508 e. The number of hydrogen-bond acceptors (Lipinski definition) is 3. The molecule has 1 unspecified atom stereocenters. The van der Waals surface area contributed by atoms with Crippen LogP contribution in [0.2, 0.25) is 0 Å². The van der Waals surface area contributed by atoms with E-state index in [4.69, 9.17) is 4.74 Å². The van der Waals surface area contributed by atoms with Crippen LogP contribution in [-0.2, 0) is 4.79 Å². The summed E-state index contributed by atoms with van der Waals surface area (Å²) >= 11 is 0. The molecule has 0 fully saturated rings. The van der Waals surface area contributed by atoms with Gasteiger partial charge in [0.1, 0.15) is 17.2 Å². The van der Waals surface area contributed by atoms with E-state index in [0.717, 1.165) is 5.56 Å². The van der Waals surface area contributed by atoms with E-state index in [-0.39, 0.29) is 11.7 Å². The number of benzene rings is 2. The lowest BCUT2D eigenvalue weighted by Crippen LogP contribution is -2.17. The van der Waals surface area contributed by atoms with Gasteiger partial charge < -0.3 is 14.9 Å². The molecule has 21 heavy (non-hydrogen) atoms. The third-order valence-electron chi connectivity index (χ3n) is 3.24. The largest absolute Gasteiger partial charge is 0.508 e. The molecule has 0 amide bonds. The highest BCUT2D eigenvalue weighted by atomic mass is 16.5. The molecule has 0 aliphatic carbocycles. The second-order valence-electron chi connectivity index (χ2n) is 5.22. The van der Waals surface area contributed by atoms with Crippen LogP contribution >= 0.6 is 0 Å². The molecule has 0 aromatic heterocycles. The van der Waals surface area contributed by atoms with Gasteiger partial charge in [0, 0.05) is 0 Å². The first-order chi connectivity index (χ1) is 9.97. The molecule has 110 valence electrons. The van der Waals surface area contributed by atoms with Crippen LogP contribution in [-0.4, -0.2) is 16.2 Å². The van der Waals surface area contributed by atoms with E-state index in [1.54, 1.807) is 48.5 Å². The molecule has 2 aromatic carbocycles. The molecular formula is C17H18O4. The molecule has 2 aromatic rings. The first-order valence-electron chi connectivity index (χ1n) is 6.77. The lowest BCUT2D eigenvalue weighted by Gasteiger charge is -2.17. The fraction of sp³-hybridized carbons (Fsp3) is 0.235. The minimum atomic E-state index is -0.822. The maximum atomic E-state index is 11.3. The van der Waals surface area contributed by atoms with Crippen LogP contribution in [0.3, 0.4) is 0 Å². The summed E-state index contributed by atoms with van der Waals surface area (Å²) in [6.45, 7) is 3.78. The zero-order valence-electron chi connectivity index (χ0n) is 12.0. The molecule has 2 rings (SSSR count). The summed E-state index contributed by atoms with van der Waals surface area (Å²) in [5.74, 6) is 0.0896. The molecule has 2 N–H and O–H groups in total. The highest BCUT2D eigenvalue weighted by Gasteiger charge is 2.23. The Labute approximate surface area is 123 Å². The number of carbonyl (C=O) groups is 1. The first-order valence-corrected chi connectivity index (χ1v) is 6.77. The Morgan fingerprint density at radius 2 is 1.43 bits per heavy atom. The van der Waals surface area contributed by atoms with Crippen LogP contribution in [0.5, 0.6) is 17.2 Å². The summed E-state index contributed by atoms with van der Waals surface area (Å²) in [7, 11) is 0. The minimum absolute atomic E-state index is 0.0198. The molecular weight excluding hydrogens is 268 g/mol. The van der Waals surface area contributed by atoms with Crippen LogP contribution in [0.1, 0.15) is 25.3 Å². The average Bonchev–Trinajstić information content (AvgIpc) is 2.42. The summed E-state index contributed by atoms with van der Waals surface area (Å²) in [6.07, 6.45) is 0. The SMILES string of the molecule is CC(C)C(C(=O)O)c1ccc(Oc2ccc(O)cc2)cc1. The van der Waals surface area contributed by atoms with Crippen LogP contribution < -0.4 is 4.74 Å². The Balaban J connectivity index is 2.15. The van der Waals surface area contributed by atoms with E-state index in [1.165, 1.54) is 0 Å². The molecule has 0 saturated heterocycles. The summed E-state index contributed by atoms with van der Waals surface area (Å²) in [4.78, 5) is 11.3. The van der Waals surface area contributed by atoms with Crippen molar-refractivity contribution in [3.05, 3.63) is 54.1 Å². The van der Waals surface area contributed by atoms with Crippen molar-refractivity contribution < 1.29 is 19.7 Å². The van der Waals surface area contributed by atoms with Crippen molar-refractivity contribution in [1.29, 1.82) is 0 Å². The summed E-state index contributed by atoms with van der Waals surface area (Å²) in [5, 5.41) is 18.5. The standard InChI is InChI=1S/C17H18O4/c1-11(2)16(17(19)20)12-3-7-14(8-4-12)21-15-9-5-13(18)6-10-15/h3-11,16,18H,1-2H3,(H,19,20). The second-order valence-corrected chi connectivity index (χ2v) is 5.22. The van der Waals surface area contributed by atoms with E-state index in [1.807, 2.05) is 13.8 Å². The van der Waals surface area contributed by atoms with Gasteiger partial charge in [-0.05, 0) is 47.9 Å². The molecule has 4 nitrogen and oxygen atoms in total. The third kappa shape index (κ3) is 3.75. The number of phenols is 1. The maximum Gasteiger partial charge on any atom is 0.311 e. The molecule has 0 radical (unpaired) electrons. The van der Waals surface area contributed by atoms with Crippen molar-refractivity contribution in [1.82, 2.24) is 0 Å². The van der Waals surface area contributed by atoms with E-state index < -0.39 is 11.9 Å². The molecule has 0 saturated carbocycles. The molecule has 0 spiro atoms. The van der Waals surface area contributed by atoms with E-state index in [9.17, 15) is 15.0 Å². The fourth-order valence-electron chi connectivity index (χ4n) is 2.21. The first kappa shape index (κ1) is 14.9. The summed E-state index contributed by atoms with van der Waals surface area (Å²) < 4.78 is 5.63. The lowest BCUT2D eigenvalue weighted by molar-refractivity contribution is -0.139. The highest BCUT2D eigenvalue weighted by Crippen LogP contribution is 2.28. The van der Waals surface area contributed by atoms with Gasteiger partial charge in [0.15, 0.2) is 0 Å². The molecule has 0 heterocycles. The number of aliphatic carboxylic acids is 1. The van der Waals surface area contributed by atoms with Gasteiger partial charge in [-0.15, -0.1) is 0 Å². The van der Waals surface area contributed by atoms with E-state index in [2.05, 4.69) is 0 Å². The predicted octanol–water partition coefficient (Wildman–Crippen LogP) is 4.01. The van der Waals surface area contributed by atoms with Gasteiger partial charge in [-0.1, -0.05) is 26.0 Å². The monoisotopic (exact) mass is 286 g/mol. The van der Waals surface area contributed by atoms with Crippen molar-refractivity contribution >= 4 is 5.97 Å². The Hall–Kier alpha value is -2.49. The number of phenolic OH excluding ortho intramolecular Hbond substituents is 1. The Kier molecular flexibility index (Phi) is 4.48. The van der Waals surface area contributed by atoms with Crippen molar-refractivity contribution in [2.24, 2.45) is 5.92 Å². The average molecular weight is 286 g/mol. The lowest BCUT2D eigenvalue weighted by atomic mass is 9.88. The molecule has 0 bridgehead atoms. The second kappa shape index (κ2) is 6.31. The maximum absolute atomic E-state index is 11.3. The number of carboxylic acids is 1. The van der Waals surface area contributed by atoms with Gasteiger partial charge in [0.25, 0.3) is 0 Å². The summed E-state index contributed by atoms with van der Waals surface area (Å²) in [5.41, 5.74) is 0.760. The molecule has 0 aliphatic rings. The Bertz CT molecular complexity index is 600. The van der Waals surface area contributed by atoms with Gasteiger partial charge in [0.2, 0.25) is 0 Å². The Morgan fingerprint density at radius 1 is 0.952 bits per heavy atom. The number of carboxylic acid groups (broad SMARTS) is 1. The predicted molar refractivity (Wildman–Crippen MR) is 79.8 cm³/mol. The third-order valence-corrected chi connectivity index (χ3v) is 3.24. The normalized spacial score (nSPS) is 12.1. The molecule has 0 aliphatic heterocycles. The van der Waals surface area contributed by atoms with Crippen LogP contribution in [0.25, 0.3) is 0 Å². The molecule has 4 heteroatoms. The quantitative estimate of drug-likeness (QED) is 0.871. The zero-order valence-corrected chi connectivity index (χ0v) is 12.0. The number of rotatable bonds is 5. The van der Waals surface area contributed by atoms with Gasteiger partial charge in [-0.25, -0.2) is 0 Å². The van der Waals surface area contributed by atoms with Gasteiger partial charge in [-0.3, -0.25) is 4.79 Å². The van der Waals surface area contributed by atoms with Gasteiger partial charge in [-0.2, -0.15) is 0 Å². The van der Waals surface area contributed by atoms with Crippen molar-refractivity contribution in [2.75, 3.05) is 0 Å². The number of aromatic hydroxyl groups is 1. The van der Waals surface area contributed by atoms with Crippen molar-refractivity contribution in [3.8, 4) is 17.2 Å². The number of hydrogen-bond donors (Lipinski definition) is 2. The van der Waals surface area contributed by atoms with Crippen LogP contribution in [0, 0.1) is 5.92 Å². The van der Waals surface area contributed by atoms with Gasteiger partial charge in [0.05, 0.1) is 5.92 Å². The topological polar surface area (TPSA) is 66.8 Å². The number of ether oxygens (including phenoxy) is 1. The highest BCUT2D eigenvalue weighted by molar-refractivity contribution is 5.76. The van der Waals surface area contributed by atoms with Crippen molar-refractivity contribution in [3.63, 3.8) is 0 Å². The van der Waals surface area contributed by atoms with E-state index >= 15 is 0 Å². The summed E-state index contributed by atoms with van der Waals surface area (Å²) in [6, 6.07) is 13.5. The fourth-order valence-corrected chi connectivity index (χ4v) is 2.21.